The lowest BCUT2D eigenvalue weighted by molar-refractivity contribution is -0.870. The molecule has 1 N–H and O–H groups in total. The second-order valence-electron chi connectivity index (χ2n) is 15.0. The van der Waals surface area contributed by atoms with E-state index in [0.29, 0.717) is 24.1 Å². The lowest BCUT2D eigenvalue weighted by atomic mass is 10.1. The molecule has 2 unspecified atom stereocenters. The van der Waals surface area contributed by atoms with E-state index in [1.54, 1.807) is 0 Å². The monoisotopic (exact) mass is 791 g/mol. The molecule has 0 rings (SSSR count). The minimum Gasteiger partial charge on any atom is -0.457 e. The number of esters is 1. The standard InChI is InChI=1S/C46H80NO7P/c1-6-8-10-12-14-16-18-20-22-23-24-25-26-27-29-31-33-35-37-39-46(48)54-45(44-53-55(49,50)52-42-40-47(3,4)5)43-51-41-38-36-34-32-30-28-21-19-17-15-13-11-9-7-2/h9,11,14-17,20-22,24-25,28,32,34,45H,6-8,10,12-13,18-19,23,26-27,29-31,33,35-44H2,1-5H3/p+1/b11-9-,16-14-,17-15-,22-20-,25-24-,28-21-,34-32-. The number of unbranched alkanes of at least 4 members (excludes halogenated alkanes) is 10. The highest BCUT2D eigenvalue weighted by atomic mass is 31.2. The van der Waals surface area contributed by atoms with E-state index in [-0.39, 0.29) is 25.8 Å². The van der Waals surface area contributed by atoms with Crippen molar-refractivity contribution in [2.45, 2.75) is 148 Å². The Morgan fingerprint density at radius 2 is 1.05 bits per heavy atom. The number of hydrogen-bond donors (Lipinski definition) is 1. The van der Waals surface area contributed by atoms with E-state index in [1.165, 1.54) is 38.5 Å². The van der Waals surface area contributed by atoms with Gasteiger partial charge in [0.05, 0.1) is 34.4 Å². The summed E-state index contributed by atoms with van der Waals surface area (Å²) in [4.78, 5) is 22.9. The van der Waals surface area contributed by atoms with E-state index in [9.17, 15) is 14.3 Å². The molecule has 0 bridgehead atoms. The Bertz CT molecular complexity index is 1150. The zero-order valence-corrected chi connectivity index (χ0v) is 36.5. The first-order valence-corrected chi connectivity index (χ1v) is 22.8. The van der Waals surface area contributed by atoms with E-state index in [1.807, 2.05) is 21.1 Å². The molecule has 2 atom stereocenters. The molecule has 0 aliphatic rings. The molecule has 0 aromatic heterocycles. The molecule has 9 heteroatoms. The van der Waals surface area contributed by atoms with E-state index in [4.69, 9.17) is 18.5 Å². The number of carbonyl (C=O) groups is 1. The number of carbonyl (C=O) groups excluding carboxylic acids is 1. The van der Waals surface area contributed by atoms with Gasteiger partial charge < -0.3 is 18.9 Å². The van der Waals surface area contributed by atoms with Crippen LogP contribution in [0.3, 0.4) is 0 Å². The molecule has 316 valence electrons. The molecule has 8 nitrogen and oxygen atoms in total. The second kappa shape index (κ2) is 38.5. The van der Waals surface area contributed by atoms with Crippen molar-refractivity contribution < 1.29 is 37.3 Å². The zero-order valence-electron chi connectivity index (χ0n) is 35.6. The predicted octanol–water partition coefficient (Wildman–Crippen LogP) is 12.5. The van der Waals surface area contributed by atoms with Crippen molar-refractivity contribution >= 4 is 13.8 Å². The normalized spacial score (nSPS) is 14.7. The number of nitrogens with zero attached hydrogens (tertiary/aromatic N) is 1. The maximum atomic E-state index is 12.7. The maximum Gasteiger partial charge on any atom is 0.472 e. The van der Waals surface area contributed by atoms with E-state index in [2.05, 4.69) is 98.9 Å². The van der Waals surface area contributed by atoms with Gasteiger partial charge in [-0.1, -0.05) is 137 Å². The molecular formula is C46H81NO7P+. The summed E-state index contributed by atoms with van der Waals surface area (Å²) < 4.78 is 34.8. The van der Waals surface area contributed by atoms with E-state index < -0.39 is 13.9 Å². The summed E-state index contributed by atoms with van der Waals surface area (Å²) in [5, 5.41) is 0. The summed E-state index contributed by atoms with van der Waals surface area (Å²) in [5.74, 6) is -0.349. The molecule has 55 heavy (non-hydrogen) atoms. The van der Waals surface area contributed by atoms with Crippen LogP contribution in [-0.2, 0) is 27.9 Å². The predicted molar refractivity (Wildman–Crippen MR) is 233 cm³/mol. The second-order valence-corrected chi connectivity index (χ2v) is 16.4. The smallest absolute Gasteiger partial charge is 0.457 e. The van der Waals surface area contributed by atoms with Crippen LogP contribution in [0, 0.1) is 0 Å². The molecule has 0 spiro atoms. The van der Waals surface area contributed by atoms with Crippen molar-refractivity contribution in [2.75, 3.05) is 54.1 Å². The summed E-state index contributed by atoms with van der Waals surface area (Å²) in [6.07, 6.45) is 50.6. The van der Waals surface area contributed by atoms with E-state index in [0.717, 1.165) is 83.5 Å². The Kier molecular flexibility index (Phi) is 36.9. The third-order valence-corrected chi connectivity index (χ3v) is 9.42. The van der Waals surface area contributed by atoms with Crippen molar-refractivity contribution in [3.8, 4) is 0 Å². The average Bonchev–Trinajstić information content (AvgIpc) is 3.13. The van der Waals surface area contributed by atoms with Crippen molar-refractivity contribution in [1.82, 2.24) is 0 Å². The molecule has 0 fully saturated rings. The highest BCUT2D eigenvalue weighted by Gasteiger charge is 2.26. The lowest BCUT2D eigenvalue weighted by Gasteiger charge is -2.24. The topological polar surface area (TPSA) is 91.3 Å². The summed E-state index contributed by atoms with van der Waals surface area (Å²) in [7, 11) is 1.61. The van der Waals surface area contributed by atoms with Gasteiger partial charge in [0.2, 0.25) is 0 Å². The Balaban J connectivity index is 4.37. The fourth-order valence-electron chi connectivity index (χ4n) is 5.15. The van der Waals surface area contributed by atoms with Gasteiger partial charge in [-0.2, -0.15) is 0 Å². The highest BCUT2D eigenvalue weighted by Crippen LogP contribution is 2.43. The molecule has 0 heterocycles. The van der Waals surface area contributed by atoms with Gasteiger partial charge in [0.1, 0.15) is 19.3 Å². The fraction of sp³-hybridized carbons (Fsp3) is 0.674. The summed E-state index contributed by atoms with van der Waals surface area (Å²) in [6, 6.07) is 0. The molecule has 0 saturated carbocycles. The average molecular weight is 791 g/mol. The van der Waals surface area contributed by atoms with Crippen LogP contribution in [0.4, 0.5) is 0 Å². The number of rotatable bonds is 38. The minimum absolute atomic E-state index is 0.0708. The van der Waals surface area contributed by atoms with Crippen molar-refractivity contribution in [1.29, 1.82) is 0 Å². The number of phosphoric ester groups is 1. The van der Waals surface area contributed by atoms with Crippen LogP contribution in [0.25, 0.3) is 0 Å². The number of likely N-dealkylation sites (N-methyl/N-ethyl adjacent to an activating group) is 1. The number of allylic oxidation sites excluding steroid dienone is 14. The van der Waals surface area contributed by atoms with Crippen LogP contribution in [0.15, 0.2) is 85.1 Å². The third kappa shape index (κ3) is 42.7. The SMILES string of the molecule is CC/C=C\C/C=C\C/C=C\C/C=C\CCCOCC(COP(=O)(O)OCC[N+](C)(C)C)OC(=O)CCCCCCCC/C=C\C/C=C\C/C=C\CCCCC. The van der Waals surface area contributed by atoms with Gasteiger partial charge in [-0.05, 0) is 83.5 Å². The van der Waals surface area contributed by atoms with Gasteiger partial charge in [0, 0.05) is 13.0 Å². The molecule has 0 aliphatic carbocycles. The minimum atomic E-state index is -4.30. The number of phosphoric acid groups is 1. The Labute approximate surface area is 337 Å². The number of ether oxygens (including phenoxy) is 2. The van der Waals surface area contributed by atoms with Gasteiger partial charge in [-0.15, -0.1) is 0 Å². The van der Waals surface area contributed by atoms with Gasteiger partial charge >= 0.3 is 13.8 Å². The van der Waals surface area contributed by atoms with E-state index >= 15 is 0 Å². The fourth-order valence-corrected chi connectivity index (χ4v) is 5.89. The lowest BCUT2D eigenvalue weighted by Crippen LogP contribution is -2.37. The number of quaternary nitrogens is 1. The molecule has 0 aromatic rings. The molecule has 0 aliphatic heterocycles. The summed E-state index contributed by atoms with van der Waals surface area (Å²) in [5.41, 5.74) is 0. The van der Waals surface area contributed by atoms with Gasteiger partial charge in [-0.3, -0.25) is 13.8 Å². The Morgan fingerprint density at radius 1 is 0.582 bits per heavy atom. The summed E-state index contributed by atoms with van der Waals surface area (Å²) in [6.45, 7) is 5.28. The van der Waals surface area contributed by atoms with Crippen molar-refractivity contribution in [3.05, 3.63) is 85.1 Å². The summed E-state index contributed by atoms with van der Waals surface area (Å²) >= 11 is 0. The Morgan fingerprint density at radius 3 is 1.58 bits per heavy atom. The van der Waals surface area contributed by atoms with Crippen LogP contribution in [-0.4, -0.2) is 75.6 Å². The van der Waals surface area contributed by atoms with Crippen LogP contribution in [0.2, 0.25) is 0 Å². The van der Waals surface area contributed by atoms with Gasteiger partial charge in [0.15, 0.2) is 0 Å². The maximum absolute atomic E-state index is 12.7. The Hall–Kier alpha value is -2.32. The highest BCUT2D eigenvalue weighted by molar-refractivity contribution is 7.47. The van der Waals surface area contributed by atoms with Gasteiger partial charge in [-0.25, -0.2) is 4.57 Å². The molecular weight excluding hydrogens is 709 g/mol. The largest absolute Gasteiger partial charge is 0.472 e. The van der Waals surface area contributed by atoms with Crippen LogP contribution < -0.4 is 0 Å². The van der Waals surface area contributed by atoms with Crippen LogP contribution >= 0.6 is 7.82 Å². The van der Waals surface area contributed by atoms with Crippen LogP contribution in [0.5, 0.6) is 0 Å². The quantitative estimate of drug-likeness (QED) is 0.0219. The first-order valence-electron chi connectivity index (χ1n) is 21.3. The first kappa shape index (κ1) is 52.7. The van der Waals surface area contributed by atoms with Gasteiger partial charge in [0.25, 0.3) is 0 Å². The zero-order chi connectivity index (χ0) is 40.6. The third-order valence-electron chi connectivity index (χ3n) is 8.44. The molecule has 0 radical (unpaired) electrons. The van der Waals surface area contributed by atoms with Crippen molar-refractivity contribution in [3.63, 3.8) is 0 Å². The number of hydrogen-bond acceptors (Lipinski definition) is 6. The van der Waals surface area contributed by atoms with Crippen molar-refractivity contribution in [2.24, 2.45) is 0 Å². The molecule has 0 aromatic carbocycles. The molecule has 0 amide bonds. The van der Waals surface area contributed by atoms with Crippen LogP contribution in [0.1, 0.15) is 142 Å². The molecule has 0 saturated heterocycles. The first-order chi connectivity index (χ1) is 26.6.